The molecule has 0 heteroatoms. The Labute approximate surface area is 143 Å². The van der Waals surface area contributed by atoms with Gasteiger partial charge in [-0.3, -0.25) is 0 Å². The van der Waals surface area contributed by atoms with Gasteiger partial charge in [-0.25, -0.2) is 0 Å². The summed E-state index contributed by atoms with van der Waals surface area (Å²) in [5.41, 5.74) is 4.66. The third-order valence-corrected chi connectivity index (χ3v) is 6.25. The maximum absolute atomic E-state index is 2.53. The average molecular weight is 311 g/mol. The predicted octanol–water partition coefficient (Wildman–Crippen LogP) is 7.35. The van der Waals surface area contributed by atoms with Gasteiger partial charge in [0.25, 0.3) is 0 Å². The van der Waals surface area contributed by atoms with Gasteiger partial charge < -0.3 is 0 Å². The van der Waals surface area contributed by atoms with E-state index in [2.05, 4.69) is 44.2 Å². The minimum atomic E-state index is 0.819. The summed E-state index contributed by atoms with van der Waals surface area (Å²) < 4.78 is 0. The van der Waals surface area contributed by atoms with E-state index in [0.717, 1.165) is 17.8 Å². The van der Waals surface area contributed by atoms with Crippen molar-refractivity contribution < 1.29 is 0 Å². The van der Waals surface area contributed by atoms with E-state index in [1.54, 1.807) is 11.1 Å². The molecular formula is C23H34. The van der Waals surface area contributed by atoms with Gasteiger partial charge in [-0.05, 0) is 66.6 Å². The van der Waals surface area contributed by atoms with Gasteiger partial charge in [0, 0.05) is 0 Å². The summed E-state index contributed by atoms with van der Waals surface area (Å²) in [6.45, 7) is 4.71. The fourth-order valence-corrected chi connectivity index (χ4v) is 4.47. The summed E-state index contributed by atoms with van der Waals surface area (Å²) >= 11 is 0. The molecular weight excluding hydrogens is 276 g/mol. The minimum Gasteiger partial charge on any atom is -0.0804 e. The predicted molar refractivity (Wildman–Crippen MR) is 102 cm³/mol. The number of allylic oxidation sites excluding steroid dienone is 2. The zero-order valence-corrected chi connectivity index (χ0v) is 15.2. The Morgan fingerprint density at radius 1 is 0.957 bits per heavy atom. The zero-order chi connectivity index (χ0) is 16.1. The second-order valence-electron chi connectivity index (χ2n) is 8.09. The molecule has 0 amide bonds. The Morgan fingerprint density at radius 3 is 2.30 bits per heavy atom. The molecule has 2 aliphatic rings. The van der Waals surface area contributed by atoms with Crippen LogP contribution in [0.2, 0.25) is 0 Å². The molecule has 0 saturated heterocycles. The molecule has 1 unspecified atom stereocenters. The molecule has 126 valence electrons. The fraction of sp³-hybridized carbons (Fsp3) is 0.652. The van der Waals surface area contributed by atoms with E-state index in [4.69, 9.17) is 0 Å². The standard InChI is InChI=1S/C23H34/c1-3-4-5-19-8-12-21(13-9-19)23-16-14-22(15-17-23)20-10-6-18(2)7-11-20/h12,14-20H,3-11,13H2,1-2H3. The van der Waals surface area contributed by atoms with Crippen LogP contribution in [0.5, 0.6) is 0 Å². The summed E-state index contributed by atoms with van der Waals surface area (Å²) in [6.07, 6.45) is 16.3. The molecule has 1 aromatic carbocycles. The highest BCUT2D eigenvalue weighted by atomic mass is 14.3. The fourth-order valence-electron chi connectivity index (χ4n) is 4.47. The molecule has 1 fully saturated rings. The third-order valence-electron chi connectivity index (χ3n) is 6.25. The smallest absolute Gasteiger partial charge is 0.0162 e. The number of benzene rings is 1. The first kappa shape index (κ1) is 16.8. The molecule has 0 bridgehead atoms. The monoisotopic (exact) mass is 310 g/mol. The Hall–Kier alpha value is -1.04. The molecule has 0 aromatic heterocycles. The molecule has 1 saturated carbocycles. The van der Waals surface area contributed by atoms with E-state index in [9.17, 15) is 0 Å². The lowest BCUT2D eigenvalue weighted by Crippen LogP contribution is -2.10. The second kappa shape index (κ2) is 8.18. The van der Waals surface area contributed by atoms with Crippen LogP contribution in [0.15, 0.2) is 30.3 Å². The van der Waals surface area contributed by atoms with Crippen molar-refractivity contribution in [1.82, 2.24) is 0 Å². The van der Waals surface area contributed by atoms with Crippen LogP contribution >= 0.6 is 0 Å². The average Bonchev–Trinajstić information content (AvgIpc) is 2.61. The highest BCUT2D eigenvalue weighted by Crippen LogP contribution is 2.37. The van der Waals surface area contributed by atoms with Gasteiger partial charge in [-0.2, -0.15) is 0 Å². The van der Waals surface area contributed by atoms with Crippen LogP contribution in [0.4, 0.5) is 0 Å². The van der Waals surface area contributed by atoms with Crippen molar-refractivity contribution in [2.45, 2.75) is 84.0 Å². The number of unbranched alkanes of at least 4 members (excludes halogenated alkanes) is 1. The second-order valence-corrected chi connectivity index (χ2v) is 8.09. The SMILES string of the molecule is CCCCC1CC=C(c2ccc(C3CCC(C)CC3)cc2)CC1. The van der Waals surface area contributed by atoms with Crippen LogP contribution in [-0.2, 0) is 0 Å². The Balaban J connectivity index is 1.58. The first-order chi connectivity index (χ1) is 11.3. The molecule has 0 heterocycles. The van der Waals surface area contributed by atoms with Crippen LogP contribution in [0.1, 0.15) is 95.1 Å². The largest absolute Gasteiger partial charge is 0.0804 e. The van der Waals surface area contributed by atoms with Gasteiger partial charge in [0.15, 0.2) is 0 Å². The van der Waals surface area contributed by atoms with Gasteiger partial charge in [0.1, 0.15) is 0 Å². The van der Waals surface area contributed by atoms with Crippen molar-refractivity contribution in [1.29, 1.82) is 0 Å². The highest BCUT2D eigenvalue weighted by Gasteiger charge is 2.20. The Morgan fingerprint density at radius 2 is 1.70 bits per heavy atom. The van der Waals surface area contributed by atoms with Gasteiger partial charge in [0.05, 0.1) is 0 Å². The van der Waals surface area contributed by atoms with Crippen LogP contribution in [-0.4, -0.2) is 0 Å². The van der Waals surface area contributed by atoms with Crippen LogP contribution in [0.3, 0.4) is 0 Å². The molecule has 0 aliphatic heterocycles. The van der Waals surface area contributed by atoms with Crippen molar-refractivity contribution in [2.24, 2.45) is 11.8 Å². The van der Waals surface area contributed by atoms with E-state index in [1.807, 2.05) is 0 Å². The topological polar surface area (TPSA) is 0 Å². The van der Waals surface area contributed by atoms with Crippen molar-refractivity contribution in [2.75, 3.05) is 0 Å². The zero-order valence-electron chi connectivity index (χ0n) is 15.2. The quantitative estimate of drug-likeness (QED) is 0.533. The summed E-state index contributed by atoms with van der Waals surface area (Å²) in [4.78, 5) is 0. The summed E-state index contributed by atoms with van der Waals surface area (Å²) in [5.74, 6) is 2.71. The van der Waals surface area contributed by atoms with E-state index in [1.165, 1.54) is 69.8 Å². The summed E-state index contributed by atoms with van der Waals surface area (Å²) in [7, 11) is 0. The van der Waals surface area contributed by atoms with Gasteiger partial charge >= 0.3 is 0 Å². The number of hydrogen-bond acceptors (Lipinski definition) is 0. The van der Waals surface area contributed by atoms with Crippen molar-refractivity contribution in [3.63, 3.8) is 0 Å². The maximum atomic E-state index is 2.53. The van der Waals surface area contributed by atoms with Crippen LogP contribution in [0.25, 0.3) is 5.57 Å². The first-order valence-corrected chi connectivity index (χ1v) is 10.1. The van der Waals surface area contributed by atoms with Crippen molar-refractivity contribution in [3.8, 4) is 0 Å². The number of rotatable bonds is 5. The van der Waals surface area contributed by atoms with E-state index in [0.29, 0.717) is 0 Å². The van der Waals surface area contributed by atoms with Gasteiger partial charge in [-0.1, -0.05) is 76.3 Å². The molecule has 3 rings (SSSR count). The van der Waals surface area contributed by atoms with Crippen LogP contribution in [0, 0.1) is 11.8 Å². The minimum absolute atomic E-state index is 0.819. The molecule has 0 spiro atoms. The lowest BCUT2D eigenvalue weighted by atomic mass is 9.79. The first-order valence-electron chi connectivity index (χ1n) is 10.1. The van der Waals surface area contributed by atoms with E-state index >= 15 is 0 Å². The third kappa shape index (κ3) is 4.49. The van der Waals surface area contributed by atoms with Crippen LogP contribution < -0.4 is 0 Å². The lowest BCUT2D eigenvalue weighted by molar-refractivity contribution is 0.348. The van der Waals surface area contributed by atoms with Gasteiger partial charge in [-0.15, -0.1) is 0 Å². The van der Waals surface area contributed by atoms with Crippen molar-refractivity contribution in [3.05, 3.63) is 41.5 Å². The molecule has 1 atom stereocenters. The van der Waals surface area contributed by atoms with Gasteiger partial charge in [0.2, 0.25) is 0 Å². The van der Waals surface area contributed by atoms with Crippen molar-refractivity contribution >= 4 is 5.57 Å². The molecule has 0 N–H and O–H groups in total. The lowest BCUT2D eigenvalue weighted by Gasteiger charge is -2.27. The Kier molecular flexibility index (Phi) is 5.97. The Bertz CT molecular complexity index is 499. The highest BCUT2D eigenvalue weighted by molar-refractivity contribution is 5.66. The maximum Gasteiger partial charge on any atom is -0.0162 e. The number of hydrogen-bond donors (Lipinski definition) is 0. The molecule has 2 aliphatic carbocycles. The summed E-state index contributed by atoms with van der Waals surface area (Å²) in [6, 6.07) is 9.62. The van der Waals surface area contributed by atoms with E-state index < -0.39 is 0 Å². The van der Waals surface area contributed by atoms with E-state index in [-0.39, 0.29) is 0 Å². The molecule has 0 nitrogen and oxygen atoms in total. The normalized spacial score (nSPS) is 28.4. The molecule has 23 heavy (non-hydrogen) atoms. The molecule has 0 radical (unpaired) electrons. The molecule has 1 aromatic rings. The summed E-state index contributed by atoms with van der Waals surface area (Å²) in [5, 5.41) is 0.